The molecule has 0 fully saturated rings. The second-order valence-corrected chi connectivity index (χ2v) is 5.24. The van der Waals surface area contributed by atoms with Crippen LogP contribution < -0.4 is 4.90 Å². The largest absolute Gasteiger partial charge is 0.436 e. The molecule has 1 aromatic heterocycles. The third-order valence-electron chi connectivity index (χ3n) is 3.51. The van der Waals surface area contributed by atoms with Gasteiger partial charge in [-0.05, 0) is 18.2 Å². The van der Waals surface area contributed by atoms with Gasteiger partial charge in [-0.25, -0.2) is 4.98 Å². The highest BCUT2D eigenvalue weighted by atomic mass is 16.4. The Morgan fingerprint density at radius 1 is 0.955 bits per heavy atom. The minimum atomic E-state index is 0.533. The summed E-state index contributed by atoms with van der Waals surface area (Å²) in [6, 6.07) is 18.3. The van der Waals surface area contributed by atoms with Gasteiger partial charge in [-0.1, -0.05) is 49.0 Å². The Hall–Kier alpha value is -2.81. The molecule has 110 valence electrons. The van der Waals surface area contributed by atoms with E-state index in [-0.39, 0.29) is 0 Å². The van der Waals surface area contributed by atoms with Crippen LogP contribution >= 0.6 is 0 Å². The van der Waals surface area contributed by atoms with Gasteiger partial charge in [0.25, 0.3) is 0 Å². The van der Waals surface area contributed by atoms with Gasteiger partial charge in [-0.15, -0.1) is 0 Å². The van der Waals surface area contributed by atoms with Crippen molar-refractivity contribution in [2.45, 2.75) is 0 Å². The number of anilines is 1. The lowest BCUT2D eigenvalue weighted by Crippen LogP contribution is -2.07. The molecule has 0 radical (unpaired) electrons. The van der Waals surface area contributed by atoms with E-state index in [0.29, 0.717) is 5.89 Å². The van der Waals surface area contributed by atoms with Crippen LogP contribution in [0.3, 0.4) is 0 Å². The first kappa shape index (κ1) is 14.1. The van der Waals surface area contributed by atoms with Gasteiger partial charge in [-0.3, -0.25) is 0 Å². The van der Waals surface area contributed by atoms with Gasteiger partial charge in [0.05, 0.1) is 0 Å². The molecule has 0 aliphatic rings. The first-order chi connectivity index (χ1) is 10.7. The average molecular weight is 290 g/mol. The normalized spacial score (nSPS) is 10.5. The van der Waals surface area contributed by atoms with Crippen molar-refractivity contribution >= 4 is 11.8 Å². The molecule has 0 saturated carbocycles. The van der Waals surface area contributed by atoms with Crippen molar-refractivity contribution in [1.82, 2.24) is 4.98 Å². The van der Waals surface area contributed by atoms with Crippen molar-refractivity contribution in [3.8, 4) is 22.6 Å². The summed E-state index contributed by atoms with van der Waals surface area (Å²) in [5, 5.41) is 0. The van der Waals surface area contributed by atoms with Crippen LogP contribution in [-0.2, 0) is 0 Å². The second-order valence-electron chi connectivity index (χ2n) is 5.24. The van der Waals surface area contributed by atoms with Gasteiger partial charge in [0.2, 0.25) is 5.89 Å². The van der Waals surface area contributed by atoms with E-state index >= 15 is 0 Å². The van der Waals surface area contributed by atoms with Crippen LogP contribution in [-0.4, -0.2) is 19.1 Å². The molecule has 0 unspecified atom stereocenters. The third kappa shape index (κ3) is 2.66. The standard InChI is InChI=1S/C19H18N2O/c1-4-17-20-18(14-10-12-16(13-11-14)21(2)3)19(22-17)15-8-6-5-7-9-15/h4-13H,1H2,2-3H3. The Balaban J connectivity index is 2.10. The van der Waals surface area contributed by atoms with Crippen LogP contribution in [0.15, 0.2) is 65.6 Å². The monoisotopic (exact) mass is 290 g/mol. The second kappa shape index (κ2) is 5.90. The molecule has 1 heterocycles. The fourth-order valence-corrected chi connectivity index (χ4v) is 2.32. The van der Waals surface area contributed by atoms with Crippen LogP contribution in [0.1, 0.15) is 5.89 Å². The predicted octanol–water partition coefficient (Wildman–Crippen LogP) is 4.72. The highest BCUT2D eigenvalue weighted by Crippen LogP contribution is 2.33. The predicted molar refractivity (Wildman–Crippen MR) is 91.8 cm³/mol. The first-order valence-corrected chi connectivity index (χ1v) is 7.15. The lowest BCUT2D eigenvalue weighted by atomic mass is 10.1. The van der Waals surface area contributed by atoms with Gasteiger partial charge in [0, 0.05) is 30.9 Å². The fourth-order valence-electron chi connectivity index (χ4n) is 2.32. The zero-order valence-electron chi connectivity index (χ0n) is 12.8. The summed E-state index contributed by atoms with van der Waals surface area (Å²) in [5.74, 6) is 1.30. The van der Waals surface area contributed by atoms with Crippen LogP contribution in [0.4, 0.5) is 5.69 Å². The molecule has 0 amide bonds. The highest BCUT2D eigenvalue weighted by Gasteiger charge is 2.15. The minimum Gasteiger partial charge on any atom is -0.436 e. The maximum atomic E-state index is 5.84. The maximum absolute atomic E-state index is 5.84. The molecule has 0 bridgehead atoms. The van der Waals surface area contributed by atoms with Crippen LogP contribution in [0, 0.1) is 0 Å². The SMILES string of the molecule is C=Cc1nc(-c2ccc(N(C)C)cc2)c(-c2ccccc2)o1. The van der Waals surface area contributed by atoms with Crippen LogP contribution in [0.5, 0.6) is 0 Å². The third-order valence-corrected chi connectivity index (χ3v) is 3.51. The molecular formula is C19H18N2O. The van der Waals surface area contributed by atoms with E-state index in [4.69, 9.17) is 4.42 Å². The van der Waals surface area contributed by atoms with Gasteiger partial charge in [0.15, 0.2) is 5.76 Å². The molecule has 3 nitrogen and oxygen atoms in total. The van der Waals surface area contributed by atoms with E-state index < -0.39 is 0 Å². The Bertz CT molecular complexity index is 771. The number of hydrogen-bond donors (Lipinski definition) is 0. The smallest absolute Gasteiger partial charge is 0.219 e. The maximum Gasteiger partial charge on any atom is 0.219 e. The highest BCUT2D eigenvalue weighted by molar-refractivity contribution is 5.78. The molecule has 22 heavy (non-hydrogen) atoms. The molecule has 0 aliphatic carbocycles. The zero-order chi connectivity index (χ0) is 15.5. The molecule has 3 aromatic rings. The molecule has 2 aromatic carbocycles. The number of oxazole rings is 1. The average Bonchev–Trinajstić information content (AvgIpc) is 3.00. The van der Waals surface area contributed by atoms with E-state index in [1.165, 1.54) is 0 Å². The van der Waals surface area contributed by atoms with Crippen molar-refractivity contribution in [3.05, 3.63) is 67.1 Å². The van der Waals surface area contributed by atoms with E-state index in [9.17, 15) is 0 Å². The Labute approximate surface area is 130 Å². The summed E-state index contributed by atoms with van der Waals surface area (Å²) in [6.45, 7) is 3.75. The van der Waals surface area contributed by atoms with Crippen molar-refractivity contribution in [3.63, 3.8) is 0 Å². The van der Waals surface area contributed by atoms with Gasteiger partial charge >= 0.3 is 0 Å². The van der Waals surface area contributed by atoms with Gasteiger partial charge < -0.3 is 9.32 Å². The lowest BCUT2D eigenvalue weighted by molar-refractivity contribution is 0.560. The van der Waals surface area contributed by atoms with Gasteiger partial charge in [0.1, 0.15) is 5.69 Å². The Morgan fingerprint density at radius 2 is 1.64 bits per heavy atom. The van der Waals surface area contributed by atoms with E-state index in [0.717, 1.165) is 28.3 Å². The molecule has 0 N–H and O–H groups in total. The first-order valence-electron chi connectivity index (χ1n) is 7.15. The van der Waals surface area contributed by atoms with Crippen molar-refractivity contribution < 1.29 is 4.42 Å². The molecule has 0 spiro atoms. The number of nitrogens with zero attached hydrogens (tertiary/aromatic N) is 2. The summed E-state index contributed by atoms with van der Waals surface area (Å²) in [4.78, 5) is 6.62. The van der Waals surface area contributed by atoms with Crippen molar-refractivity contribution in [1.29, 1.82) is 0 Å². The molecular weight excluding hydrogens is 272 g/mol. The number of rotatable bonds is 4. The number of aromatic nitrogens is 1. The minimum absolute atomic E-state index is 0.533. The summed E-state index contributed by atoms with van der Waals surface area (Å²) < 4.78 is 5.84. The number of hydrogen-bond acceptors (Lipinski definition) is 3. The van der Waals surface area contributed by atoms with E-state index in [1.54, 1.807) is 6.08 Å². The van der Waals surface area contributed by atoms with Gasteiger partial charge in [-0.2, -0.15) is 0 Å². The molecule has 3 rings (SSSR count). The number of benzene rings is 2. The summed E-state index contributed by atoms with van der Waals surface area (Å²) in [5.41, 5.74) is 4.03. The lowest BCUT2D eigenvalue weighted by Gasteiger charge is -2.12. The fraction of sp³-hybridized carbons (Fsp3) is 0.105. The van der Waals surface area contributed by atoms with E-state index in [2.05, 4.69) is 40.7 Å². The van der Waals surface area contributed by atoms with Crippen LogP contribution in [0.2, 0.25) is 0 Å². The summed E-state index contributed by atoms with van der Waals surface area (Å²) in [6.07, 6.45) is 1.63. The van der Waals surface area contributed by atoms with E-state index in [1.807, 2.05) is 44.4 Å². The molecule has 0 saturated heterocycles. The van der Waals surface area contributed by atoms with Crippen molar-refractivity contribution in [2.24, 2.45) is 0 Å². The molecule has 0 atom stereocenters. The Morgan fingerprint density at radius 3 is 2.23 bits per heavy atom. The topological polar surface area (TPSA) is 29.3 Å². The zero-order valence-corrected chi connectivity index (χ0v) is 12.8. The Kier molecular flexibility index (Phi) is 3.79. The molecule has 3 heteroatoms. The summed E-state index contributed by atoms with van der Waals surface area (Å²) in [7, 11) is 4.05. The summed E-state index contributed by atoms with van der Waals surface area (Å²) >= 11 is 0. The quantitative estimate of drug-likeness (QED) is 0.696. The van der Waals surface area contributed by atoms with Crippen LogP contribution in [0.25, 0.3) is 28.7 Å². The molecule has 0 aliphatic heterocycles. The van der Waals surface area contributed by atoms with Crippen molar-refractivity contribution in [2.75, 3.05) is 19.0 Å².